The highest BCUT2D eigenvalue weighted by atomic mass is 79.9. The van der Waals surface area contributed by atoms with Crippen LogP contribution >= 0.6 is 15.9 Å². The third-order valence-electron chi connectivity index (χ3n) is 4.70. The van der Waals surface area contributed by atoms with E-state index in [4.69, 9.17) is 13.9 Å². The Morgan fingerprint density at radius 2 is 2.00 bits per heavy atom. The van der Waals surface area contributed by atoms with Crippen LogP contribution in [0.2, 0.25) is 0 Å². The third kappa shape index (κ3) is 4.65. The van der Waals surface area contributed by atoms with Gasteiger partial charge in [-0.15, -0.1) is 0 Å². The highest BCUT2D eigenvalue weighted by Crippen LogP contribution is 2.34. The van der Waals surface area contributed by atoms with Gasteiger partial charge < -0.3 is 19.0 Å². The lowest BCUT2D eigenvalue weighted by Gasteiger charge is -2.16. The van der Waals surface area contributed by atoms with Crippen LogP contribution in [0.4, 0.5) is 11.4 Å². The van der Waals surface area contributed by atoms with E-state index in [1.54, 1.807) is 38.3 Å². The van der Waals surface area contributed by atoms with Crippen molar-refractivity contribution >= 4 is 44.6 Å². The van der Waals surface area contributed by atoms with Crippen LogP contribution in [0.5, 0.6) is 17.2 Å². The number of halogens is 1. The fourth-order valence-corrected chi connectivity index (χ4v) is 3.68. The van der Waals surface area contributed by atoms with Gasteiger partial charge in [-0.1, -0.05) is 5.75 Å². The molecule has 0 amide bonds. The zero-order valence-electron chi connectivity index (χ0n) is 17.6. The molecule has 0 atom stereocenters. The fourth-order valence-electron chi connectivity index (χ4n) is 3.14. The Balaban J connectivity index is 1.66. The molecule has 4 rings (SSSR count). The summed E-state index contributed by atoms with van der Waals surface area (Å²) < 4.78 is 17.1. The lowest BCUT2D eigenvalue weighted by atomic mass is 10.1. The molecule has 10 heteroatoms. The number of nitrogens with zero attached hydrogens (tertiary/aromatic N) is 3. The molecule has 1 heterocycles. The second-order valence-corrected chi connectivity index (χ2v) is 7.69. The van der Waals surface area contributed by atoms with Gasteiger partial charge in [-0.2, -0.15) is 0 Å². The van der Waals surface area contributed by atoms with Crippen molar-refractivity contribution in [3.63, 3.8) is 0 Å². The predicted molar refractivity (Wildman–Crippen MR) is 125 cm³/mol. The highest BCUT2D eigenvalue weighted by Gasteiger charge is 2.13. The molecule has 0 aliphatic carbocycles. The van der Waals surface area contributed by atoms with Crippen LogP contribution in [-0.2, 0) is 0 Å². The number of nitro benzene ring substituents is 1. The Hall–Kier alpha value is -3.92. The normalized spacial score (nSPS) is 11.2. The topological polar surface area (TPSA) is 123 Å². The summed E-state index contributed by atoms with van der Waals surface area (Å²) in [5.74, 6) is 0.561. The number of methoxy groups -OCH3 is 1. The molecule has 0 fully saturated rings. The minimum Gasteiger partial charge on any atom is -0.870 e. The maximum atomic E-state index is 12.5. The minimum absolute atomic E-state index is 0.0525. The molecule has 9 nitrogen and oxygen atoms in total. The first-order chi connectivity index (χ1) is 15.9. The predicted octanol–water partition coefficient (Wildman–Crippen LogP) is 5.40. The summed E-state index contributed by atoms with van der Waals surface area (Å²) in [6, 6.07) is 12.9. The SMILES string of the molecule is CCOc1cc([N+](=O)[O-])cc(C=Nc2ccc3oc(-c4ccc(OC)c(Br)c4)nc3c2)c1[O-]. The summed E-state index contributed by atoms with van der Waals surface area (Å²) in [4.78, 5) is 19.4. The van der Waals surface area contributed by atoms with Gasteiger partial charge >= 0.3 is 0 Å². The standard InChI is InChI=1S/C23H18BrN3O6/c1-3-32-21-11-16(27(29)30)8-14(22(21)28)12-25-15-5-7-20-18(10-15)26-23(33-20)13-4-6-19(31-2)17(24)9-13/h4-12,28H,3H2,1-2H3/p-1. The van der Waals surface area contributed by atoms with Crippen molar-refractivity contribution in [3.8, 4) is 28.7 Å². The molecule has 0 radical (unpaired) electrons. The summed E-state index contributed by atoms with van der Waals surface area (Å²) in [6.07, 6.45) is 1.28. The average Bonchev–Trinajstić information content (AvgIpc) is 3.23. The van der Waals surface area contributed by atoms with E-state index in [1.165, 1.54) is 12.3 Å². The first-order valence-corrected chi connectivity index (χ1v) is 10.6. The molecule has 3 aromatic carbocycles. The molecule has 0 unspecified atom stereocenters. The number of oxazole rings is 1. The second-order valence-electron chi connectivity index (χ2n) is 6.83. The quantitative estimate of drug-likeness (QED) is 0.185. The summed E-state index contributed by atoms with van der Waals surface area (Å²) in [6.45, 7) is 1.90. The smallest absolute Gasteiger partial charge is 0.273 e. The zero-order valence-corrected chi connectivity index (χ0v) is 19.2. The van der Waals surface area contributed by atoms with Crippen LogP contribution in [-0.4, -0.2) is 29.8 Å². The van der Waals surface area contributed by atoms with E-state index in [9.17, 15) is 15.2 Å². The van der Waals surface area contributed by atoms with Crippen molar-refractivity contribution in [1.29, 1.82) is 0 Å². The third-order valence-corrected chi connectivity index (χ3v) is 5.32. The van der Waals surface area contributed by atoms with Gasteiger partial charge in [0.25, 0.3) is 5.69 Å². The Morgan fingerprint density at radius 3 is 2.70 bits per heavy atom. The van der Waals surface area contributed by atoms with Crippen LogP contribution in [0, 0.1) is 10.1 Å². The molecule has 168 valence electrons. The number of nitro groups is 1. The molecule has 33 heavy (non-hydrogen) atoms. The van der Waals surface area contributed by atoms with E-state index in [0.717, 1.165) is 16.1 Å². The van der Waals surface area contributed by atoms with Crippen LogP contribution < -0.4 is 14.6 Å². The maximum Gasteiger partial charge on any atom is 0.273 e. The van der Waals surface area contributed by atoms with E-state index in [2.05, 4.69) is 25.9 Å². The Kier molecular flexibility index (Phi) is 6.27. The molecule has 0 N–H and O–H groups in total. The molecule has 0 bridgehead atoms. The number of aliphatic imine (C=N–C) groups is 1. The van der Waals surface area contributed by atoms with Crippen LogP contribution in [0.3, 0.4) is 0 Å². The van der Waals surface area contributed by atoms with Crippen molar-refractivity contribution in [2.75, 3.05) is 13.7 Å². The number of aromatic nitrogens is 1. The molecule has 4 aromatic rings. The van der Waals surface area contributed by atoms with E-state index >= 15 is 0 Å². The summed E-state index contributed by atoms with van der Waals surface area (Å²) >= 11 is 3.45. The lowest BCUT2D eigenvalue weighted by Crippen LogP contribution is -2.04. The maximum absolute atomic E-state index is 12.5. The number of benzene rings is 3. The Morgan fingerprint density at radius 1 is 1.18 bits per heavy atom. The van der Waals surface area contributed by atoms with E-state index in [0.29, 0.717) is 28.4 Å². The molecule has 0 aliphatic heterocycles. The summed E-state index contributed by atoms with van der Waals surface area (Å²) in [5.41, 5.74) is 2.21. The van der Waals surface area contributed by atoms with Gasteiger partial charge in [0.05, 0.1) is 34.9 Å². The molecule has 0 saturated carbocycles. The average molecular weight is 511 g/mol. The molecule has 0 aliphatic rings. The number of hydrogen-bond donors (Lipinski definition) is 0. The van der Waals surface area contributed by atoms with Gasteiger partial charge in [-0.05, 0) is 64.8 Å². The van der Waals surface area contributed by atoms with E-state index in [1.807, 2.05) is 12.1 Å². The Labute approximate surface area is 196 Å². The second kappa shape index (κ2) is 9.29. The van der Waals surface area contributed by atoms with Gasteiger partial charge in [0.2, 0.25) is 5.89 Å². The van der Waals surface area contributed by atoms with Gasteiger partial charge in [-0.3, -0.25) is 15.1 Å². The number of rotatable bonds is 7. The van der Waals surface area contributed by atoms with Gasteiger partial charge in [-0.25, -0.2) is 4.98 Å². The number of fused-ring (bicyclic) bond motifs is 1. The van der Waals surface area contributed by atoms with Crippen LogP contribution in [0.1, 0.15) is 12.5 Å². The molecule has 1 aromatic heterocycles. The van der Waals surface area contributed by atoms with Crippen molar-refractivity contribution in [1.82, 2.24) is 4.98 Å². The number of hydrogen-bond acceptors (Lipinski definition) is 8. The monoisotopic (exact) mass is 510 g/mol. The molecule has 0 spiro atoms. The van der Waals surface area contributed by atoms with E-state index in [-0.39, 0.29) is 23.6 Å². The van der Waals surface area contributed by atoms with Crippen LogP contribution in [0.15, 0.2) is 62.4 Å². The molecular weight excluding hydrogens is 494 g/mol. The first-order valence-electron chi connectivity index (χ1n) is 9.80. The van der Waals surface area contributed by atoms with Crippen LogP contribution in [0.25, 0.3) is 22.6 Å². The van der Waals surface area contributed by atoms with Gasteiger partial charge in [0.1, 0.15) is 17.0 Å². The van der Waals surface area contributed by atoms with Crippen molar-refractivity contribution in [2.24, 2.45) is 4.99 Å². The zero-order chi connectivity index (χ0) is 23.5. The summed E-state index contributed by atoms with van der Waals surface area (Å²) in [5, 5.41) is 23.7. The van der Waals surface area contributed by atoms with Crippen molar-refractivity contribution < 1.29 is 23.9 Å². The molecule has 0 saturated heterocycles. The van der Waals surface area contributed by atoms with Crippen molar-refractivity contribution in [3.05, 3.63) is 68.7 Å². The minimum atomic E-state index is -0.584. The fraction of sp³-hybridized carbons (Fsp3) is 0.130. The van der Waals surface area contributed by atoms with E-state index < -0.39 is 10.7 Å². The lowest BCUT2D eigenvalue weighted by molar-refractivity contribution is -0.385. The van der Waals surface area contributed by atoms with Gasteiger partial charge in [0.15, 0.2) is 5.58 Å². The number of non-ortho nitro benzene ring substituents is 1. The first kappa shape index (κ1) is 22.3. The van der Waals surface area contributed by atoms with Gasteiger partial charge in [0, 0.05) is 17.8 Å². The Bertz CT molecular complexity index is 1380. The number of ether oxygens (including phenoxy) is 2. The largest absolute Gasteiger partial charge is 0.870 e. The summed E-state index contributed by atoms with van der Waals surface area (Å²) in [7, 11) is 1.59. The highest BCUT2D eigenvalue weighted by molar-refractivity contribution is 9.10. The van der Waals surface area contributed by atoms with Crippen molar-refractivity contribution in [2.45, 2.75) is 6.92 Å². The molecular formula is C23H17BrN3O6-.